The molecule has 0 saturated heterocycles. The molecule has 2 rings (SSSR count). The highest BCUT2D eigenvalue weighted by atomic mass is 16.6. The minimum atomic E-state index is -0.833. The highest BCUT2D eigenvalue weighted by Crippen LogP contribution is 2.35. The van der Waals surface area contributed by atoms with Gasteiger partial charge in [0, 0.05) is 26.1 Å². The first kappa shape index (κ1) is 23.3. The first-order chi connectivity index (χ1) is 14.9. The van der Waals surface area contributed by atoms with Gasteiger partial charge in [-0.2, -0.15) is 5.11 Å². The van der Waals surface area contributed by atoms with Crippen molar-refractivity contribution in [3.63, 3.8) is 0 Å². The van der Waals surface area contributed by atoms with Crippen molar-refractivity contribution in [1.29, 1.82) is 0 Å². The van der Waals surface area contributed by atoms with Crippen LogP contribution in [0.3, 0.4) is 0 Å². The van der Waals surface area contributed by atoms with E-state index in [9.17, 15) is 14.4 Å². The first-order valence-corrected chi connectivity index (χ1v) is 9.49. The number of hydrogen-bond donors (Lipinski definition) is 2. The van der Waals surface area contributed by atoms with Crippen molar-refractivity contribution in [1.82, 2.24) is 9.88 Å². The molecule has 0 bridgehead atoms. The molecular weight excluding hydrogens is 404 g/mol. The number of pyridine rings is 1. The van der Waals surface area contributed by atoms with Crippen LogP contribution in [0.5, 0.6) is 5.75 Å². The van der Waals surface area contributed by atoms with Crippen LogP contribution in [0.1, 0.15) is 20.8 Å². The van der Waals surface area contributed by atoms with Crippen LogP contribution in [-0.4, -0.2) is 48.2 Å². The highest BCUT2D eigenvalue weighted by molar-refractivity contribution is 5.93. The lowest BCUT2D eigenvalue weighted by atomic mass is 10.3. The number of nitrogens with zero attached hydrogens (tertiary/aromatic N) is 4. The molecule has 2 N–H and O–H groups in total. The van der Waals surface area contributed by atoms with Crippen molar-refractivity contribution in [3.05, 3.63) is 36.4 Å². The van der Waals surface area contributed by atoms with E-state index >= 15 is 0 Å². The van der Waals surface area contributed by atoms with Crippen LogP contribution >= 0.6 is 0 Å². The maximum absolute atomic E-state index is 12.4. The van der Waals surface area contributed by atoms with Crippen LogP contribution in [0, 0.1) is 0 Å². The minimum Gasteiger partial charge on any atom is -0.453 e. The molecule has 0 saturated carbocycles. The Bertz CT molecular complexity index is 960. The number of hydrogen-bond acceptors (Lipinski definition) is 8. The summed E-state index contributed by atoms with van der Waals surface area (Å²) in [7, 11) is 1.17. The zero-order valence-corrected chi connectivity index (χ0v) is 17.7. The molecule has 1 aromatic heterocycles. The zero-order valence-electron chi connectivity index (χ0n) is 17.7. The second-order valence-electron chi connectivity index (χ2n) is 6.08. The van der Waals surface area contributed by atoms with Gasteiger partial charge in [0.05, 0.1) is 12.8 Å². The summed E-state index contributed by atoms with van der Waals surface area (Å²) in [5, 5.41) is 13.1. The molecule has 0 spiro atoms. The van der Waals surface area contributed by atoms with Gasteiger partial charge in [-0.05, 0) is 26.0 Å². The maximum atomic E-state index is 12.4. The molecule has 3 amide bonds. The smallest absolute Gasteiger partial charge is 0.415 e. The molecule has 11 heteroatoms. The molecular formula is C20H24N6O5. The molecule has 0 unspecified atom stereocenters. The van der Waals surface area contributed by atoms with E-state index in [-0.39, 0.29) is 23.1 Å². The van der Waals surface area contributed by atoms with E-state index in [4.69, 9.17) is 4.74 Å². The number of nitrogens with one attached hydrogen (secondary N) is 2. The Labute approximate surface area is 179 Å². The third-order valence-electron chi connectivity index (χ3n) is 3.92. The topological polar surface area (TPSA) is 135 Å². The Balaban J connectivity index is 2.52. The number of azo groups is 1. The Hall–Kier alpha value is -4.02. The number of amides is 3. The molecule has 0 aliphatic rings. The van der Waals surface area contributed by atoms with Crippen LogP contribution in [0.25, 0.3) is 0 Å². The normalized spacial score (nSPS) is 10.5. The molecule has 31 heavy (non-hydrogen) atoms. The number of aromatic nitrogens is 1. The fourth-order valence-electron chi connectivity index (χ4n) is 2.38. The predicted molar refractivity (Wildman–Crippen MR) is 114 cm³/mol. The van der Waals surface area contributed by atoms with Gasteiger partial charge in [-0.25, -0.2) is 14.6 Å². The summed E-state index contributed by atoms with van der Waals surface area (Å²) >= 11 is 0. The first-order valence-electron chi connectivity index (χ1n) is 9.49. The van der Waals surface area contributed by atoms with Crippen molar-refractivity contribution >= 4 is 41.1 Å². The second-order valence-corrected chi connectivity index (χ2v) is 6.08. The van der Waals surface area contributed by atoms with Gasteiger partial charge in [0.25, 0.3) is 0 Å². The van der Waals surface area contributed by atoms with Gasteiger partial charge in [0.15, 0.2) is 17.4 Å². The van der Waals surface area contributed by atoms with Gasteiger partial charge in [-0.1, -0.05) is 18.2 Å². The van der Waals surface area contributed by atoms with E-state index < -0.39 is 18.1 Å². The number of anilines is 2. The number of carbonyl (C=O) groups is 3. The van der Waals surface area contributed by atoms with Crippen molar-refractivity contribution in [2.45, 2.75) is 20.8 Å². The summed E-state index contributed by atoms with van der Waals surface area (Å²) in [5.74, 6) is -0.616. The maximum Gasteiger partial charge on any atom is 0.415 e. The Morgan fingerprint density at radius 2 is 1.71 bits per heavy atom. The summed E-state index contributed by atoms with van der Waals surface area (Å²) in [6.07, 6.45) is -1.47. The molecule has 2 aromatic rings. The number of ether oxygens (including phenoxy) is 2. The molecule has 1 heterocycles. The van der Waals surface area contributed by atoms with Crippen LogP contribution in [-0.2, 0) is 9.53 Å². The second kappa shape index (κ2) is 11.2. The fraction of sp³-hybridized carbons (Fsp3) is 0.300. The van der Waals surface area contributed by atoms with Gasteiger partial charge >= 0.3 is 12.2 Å². The highest BCUT2D eigenvalue weighted by Gasteiger charge is 2.21. The van der Waals surface area contributed by atoms with Gasteiger partial charge in [-0.15, -0.1) is 5.11 Å². The summed E-state index contributed by atoms with van der Waals surface area (Å²) in [4.78, 5) is 41.4. The van der Waals surface area contributed by atoms with Crippen molar-refractivity contribution < 1.29 is 23.9 Å². The van der Waals surface area contributed by atoms with E-state index in [0.717, 1.165) is 0 Å². The van der Waals surface area contributed by atoms with Crippen molar-refractivity contribution in [2.75, 3.05) is 30.8 Å². The lowest BCUT2D eigenvalue weighted by Gasteiger charge is -2.19. The lowest BCUT2D eigenvalue weighted by Crippen LogP contribution is -2.33. The quantitative estimate of drug-likeness (QED) is 0.625. The third-order valence-corrected chi connectivity index (χ3v) is 3.92. The molecule has 0 atom stereocenters. The van der Waals surface area contributed by atoms with E-state index in [2.05, 4.69) is 30.6 Å². The van der Waals surface area contributed by atoms with Crippen molar-refractivity contribution in [3.8, 4) is 5.75 Å². The minimum absolute atomic E-state index is 0.0150. The average molecular weight is 428 g/mol. The van der Waals surface area contributed by atoms with E-state index in [1.165, 1.54) is 25.0 Å². The van der Waals surface area contributed by atoms with Gasteiger partial charge in [0.1, 0.15) is 5.69 Å². The van der Waals surface area contributed by atoms with E-state index in [1.54, 1.807) is 38.1 Å². The third kappa shape index (κ3) is 6.77. The summed E-state index contributed by atoms with van der Waals surface area (Å²) in [6, 6.07) is 10.2. The molecule has 164 valence electrons. The number of benzene rings is 1. The van der Waals surface area contributed by atoms with E-state index in [1.807, 2.05) is 6.07 Å². The van der Waals surface area contributed by atoms with Gasteiger partial charge in [0.2, 0.25) is 5.91 Å². The predicted octanol–water partition coefficient (Wildman–Crippen LogP) is 4.47. The van der Waals surface area contributed by atoms with Gasteiger partial charge < -0.3 is 19.7 Å². The van der Waals surface area contributed by atoms with Crippen molar-refractivity contribution in [2.24, 2.45) is 10.2 Å². The summed E-state index contributed by atoms with van der Waals surface area (Å²) < 4.78 is 10.0. The summed E-state index contributed by atoms with van der Waals surface area (Å²) in [6.45, 7) is 5.74. The average Bonchev–Trinajstić information content (AvgIpc) is 2.75. The Morgan fingerprint density at radius 1 is 1.03 bits per heavy atom. The SMILES string of the molecule is CCN(CC)C(=O)Oc1cc(N=Nc2ccccc2)c(NC(C)=O)nc1NC(=O)OC. The largest absolute Gasteiger partial charge is 0.453 e. The van der Waals surface area contributed by atoms with Crippen LogP contribution in [0.15, 0.2) is 46.6 Å². The number of carbonyl (C=O) groups excluding carboxylic acids is 3. The zero-order chi connectivity index (χ0) is 22.8. The monoisotopic (exact) mass is 428 g/mol. The standard InChI is InChI=1S/C20H24N6O5/c1-5-26(6-2)20(29)31-16-12-15(25-24-14-10-8-7-9-11-14)17(21-13(3)27)22-18(16)23-19(28)30-4/h7-12H,5-6H2,1-4H3,(H2,21,22,23,27,28). The Morgan fingerprint density at radius 3 is 2.29 bits per heavy atom. The molecule has 0 fully saturated rings. The summed E-state index contributed by atoms with van der Waals surface area (Å²) in [5.41, 5.74) is 0.687. The Kier molecular flexibility index (Phi) is 8.43. The molecule has 11 nitrogen and oxygen atoms in total. The van der Waals surface area contributed by atoms with Crippen LogP contribution in [0.4, 0.5) is 32.6 Å². The van der Waals surface area contributed by atoms with E-state index in [0.29, 0.717) is 18.8 Å². The molecule has 0 aliphatic heterocycles. The van der Waals surface area contributed by atoms with Crippen LogP contribution < -0.4 is 15.4 Å². The molecule has 0 radical (unpaired) electrons. The number of methoxy groups -OCH3 is 1. The van der Waals surface area contributed by atoms with Crippen LogP contribution in [0.2, 0.25) is 0 Å². The van der Waals surface area contributed by atoms with Gasteiger partial charge in [-0.3, -0.25) is 10.1 Å². The molecule has 1 aromatic carbocycles. The number of rotatable bonds is 7. The molecule has 0 aliphatic carbocycles. The fourth-order valence-corrected chi connectivity index (χ4v) is 2.38. The lowest BCUT2D eigenvalue weighted by molar-refractivity contribution is -0.114.